The summed E-state index contributed by atoms with van der Waals surface area (Å²) in [6, 6.07) is 0.685. The van der Waals surface area contributed by atoms with E-state index in [4.69, 9.17) is 9.47 Å². The van der Waals surface area contributed by atoms with E-state index < -0.39 is 75.9 Å². The van der Waals surface area contributed by atoms with Crippen LogP contribution in [0.15, 0.2) is 35.1 Å². The van der Waals surface area contributed by atoms with Crippen molar-refractivity contribution in [3.05, 3.63) is 85.8 Å². The van der Waals surface area contributed by atoms with E-state index in [-0.39, 0.29) is 36.5 Å². The Morgan fingerprint density at radius 3 is 2.20 bits per heavy atom. The third kappa shape index (κ3) is 6.85. The van der Waals surface area contributed by atoms with Crippen LogP contribution < -0.4 is 16.2 Å². The number of nitrogens with zero attached hydrogens (tertiary/aromatic N) is 1. The second-order valence-corrected chi connectivity index (χ2v) is 10.6. The van der Waals surface area contributed by atoms with Crippen LogP contribution in [-0.2, 0) is 47.1 Å². The third-order valence-corrected chi connectivity index (χ3v) is 7.62. The molecule has 248 valence electrons. The quantitative estimate of drug-likeness (QED) is 0.242. The predicted octanol–water partition coefficient (Wildman–Crippen LogP) is 5.56. The number of esters is 1. The number of aromatic nitrogens is 1. The summed E-state index contributed by atoms with van der Waals surface area (Å²) in [6.07, 6.45) is -9.96. The molecule has 0 aliphatic carbocycles. The summed E-state index contributed by atoms with van der Waals surface area (Å²) < 4.78 is 122. The van der Waals surface area contributed by atoms with Gasteiger partial charge in [0.05, 0.1) is 31.5 Å². The van der Waals surface area contributed by atoms with Gasteiger partial charge in [-0.3, -0.25) is 9.59 Å². The molecule has 0 bridgehead atoms. The van der Waals surface area contributed by atoms with Crippen molar-refractivity contribution in [2.75, 3.05) is 12.4 Å². The van der Waals surface area contributed by atoms with Crippen molar-refractivity contribution in [1.29, 1.82) is 0 Å². The lowest BCUT2D eigenvalue weighted by atomic mass is 9.89. The SMILES string of the molecule is COC(=O)[C@H](Cc1ccc(-c2c(C(F)(F)F)cc(C)n(C)c2=O)c2c1COC2)NC(=O)c1c(F)cc(N[C@H](C)C(F)(F)F)cc1F. The number of alkyl halides is 6. The number of fused-ring (bicyclic) bond motifs is 1. The zero-order chi connectivity index (χ0) is 34.3. The minimum atomic E-state index is -4.87. The number of rotatable bonds is 8. The largest absolute Gasteiger partial charge is 0.467 e. The number of aryl methyl sites for hydroxylation is 1. The summed E-state index contributed by atoms with van der Waals surface area (Å²) in [5.74, 6) is -5.51. The fourth-order valence-corrected chi connectivity index (χ4v) is 5.06. The van der Waals surface area contributed by atoms with Gasteiger partial charge in [-0.05, 0) is 54.3 Å². The summed E-state index contributed by atoms with van der Waals surface area (Å²) in [5.41, 5.74) is -3.50. The highest BCUT2D eigenvalue weighted by atomic mass is 19.4. The standard InChI is InChI=1S/C30H27F8N3O5/c1-13-7-20(30(36,37)38)24(27(43)41(13)3)17-6-5-15(18-11-46-12-19(17)18)8-23(28(44)45-4)40-26(42)25-21(31)9-16(10-22(25)32)39-14(2)29(33,34)35/h5-7,9-10,14,23,39H,8,11-12H2,1-4H3,(H,40,42)/t14-,23+/m1/s1. The molecule has 1 aliphatic rings. The van der Waals surface area contributed by atoms with E-state index in [0.29, 0.717) is 23.3 Å². The number of benzene rings is 2. The van der Waals surface area contributed by atoms with Crippen molar-refractivity contribution >= 4 is 17.6 Å². The van der Waals surface area contributed by atoms with Gasteiger partial charge in [0.15, 0.2) is 0 Å². The van der Waals surface area contributed by atoms with Crippen LogP contribution in [0.1, 0.15) is 45.2 Å². The fourth-order valence-electron chi connectivity index (χ4n) is 5.06. The normalized spacial score (nSPS) is 14.4. The van der Waals surface area contributed by atoms with Crippen molar-refractivity contribution < 1.29 is 54.2 Å². The Labute approximate surface area is 256 Å². The van der Waals surface area contributed by atoms with E-state index in [1.165, 1.54) is 26.1 Å². The van der Waals surface area contributed by atoms with E-state index in [1.54, 1.807) is 0 Å². The third-order valence-electron chi connectivity index (χ3n) is 7.62. The number of methoxy groups -OCH3 is 1. The number of ether oxygens (including phenoxy) is 2. The first-order valence-corrected chi connectivity index (χ1v) is 13.6. The molecule has 2 N–H and O–H groups in total. The number of amides is 1. The van der Waals surface area contributed by atoms with Crippen molar-refractivity contribution in [2.45, 2.75) is 57.9 Å². The summed E-state index contributed by atoms with van der Waals surface area (Å²) in [6.45, 7) is 1.78. The molecule has 8 nitrogen and oxygen atoms in total. The van der Waals surface area contributed by atoms with Crippen LogP contribution in [0.25, 0.3) is 11.1 Å². The number of carbonyl (C=O) groups is 2. The monoisotopic (exact) mass is 661 g/mol. The molecule has 4 rings (SSSR count). The van der Waals surface area contributed by atoms with Gasteiger partial charge in [0.1, 0.15) is 29.3 Å². The Bertz CT molecular complexity index is 1730. The van der Waals surface area contributed by atoms with E-state index in [1.807, 2.05) is 5.32 Å². The maximum Gasteiger partial charge on any atom is 0.417 e. The molecule has 0 unspecified atom stereocenters. The first-order valence-electron chi connectivity index (χ1n) is 13.6. The maximum atomic E-state index is 14.8. The molecule has 2 heterocycles. The maximum absolute atomic E-state index is 14.8. The summed E-state index contributed by atoms with van der Waals surface area (Å²) in [4.78, 5) is 38.6. The number of hydrogen-bond donors (Lipinski definition) is 2. The Balaban J connectivity index is 1.68. The molecule has 1 amide bonds. The highest BCUT2D eigenvalue weighted by molar-refractivity contribution is 5.97. The highest BCUT2D eigenvalue weighted by Gasteiger charge is 2.38. The molecule has 2 atom stereocenters. The fraction of sp³-hybridized carbons (Fsp3) is 0.367. The van der Waals surface area contributed by atoms with Crippen molar-refractivity contribution in [3.63, 3.8) is 0 Å². The van der Waals surface area contributed by atoms with Gasteiger partial charge < -0.3 is 24.7 Å². The molecule has 1 aliphatic heterocycles. The van der Waals surface area contributed by atoms with Crippen molar-refractivity contribution in [3.8, 4) is 11.1 Å². The van der Waals surface area contributed by atoms with E-state index >= 15 is 0 Å². The first kappa shape index (κ1) is 34.4. The molecule has 0 fully saturated rings. The Kier molecular flexibility index (Phi) is 9.52. The summed E-state index contributed by atoms with van der Waals surface area (Å²) >= 11 is 0. The molecule has 0 saturated heterocycles. The minimum absolute atomic E-state index is 0.0412. The van der Waals surface area contributed by atoms with Crippen LogP contribution in [0.5, 0.6) is 0 Å². The first-order chi connectivity index (χ1) is 21.3. The molecule has 3 aromatic rings. The topological polar surface area (TPSA) is 98.7 Å². The van der Waals surface area contributed by atoms with Crippen LogP contribution in [0.4, 0.5) is 40.8 Å². The van der Waals surface area contributed by atoms with Gasteiger partial charge in [0.25, 0.3) is 11.5 Å². The van der Waals surface area contributed by atoms with Crippen LogP contribution in [0.3, 0.4) is 0 Å². The number of pyridine rings is 1. The van der Waals surface area contributed by atoms with Gasteiger partial charge in [-0.15, -0.1) is 0 Å². The minimum Gasteiger partial charge on any atom is -0.467 e. The van der Waals surface area contributed by atoms with Gasteiger partial charge in [-0.25, -0.2) is 13.6 Å². The molecule has 46 heavy (non-hydrogen) atoms. The van der Waals surface area contributed by atoms with Gasteiger partial charge in [0, 0.05) is 24.8 Å². The number of hydrogen-bond acceptors (Lipinski definition) is 6. The second kappa shape index (κ2) is 12.7. The summed E-state index contributed by atoms with van der Waals surface area (Å²) in [7, 11) is 2.31. The average Bonchev–Trinajstić information content (AvgIpc) is 3.45. The zero-order valence-corrected chi connectivity index (χ0v) is 24.7. The molecular weight excluding hydrogens is 634 g/mol. The van der Waals surface area contributed by atoms with Crippen LogP contribution in [-0.4, -0.2) is 41.8 Å². The number of nitrogens with one attached hydrogen (secondary N) is 2. The lowest BCUT2D eigenvalue weighted by molar-refractivity contribution is -0.143. The summed E-state index contributed by atoms with van der Waals surface area (Å²) in [5, 5.41) is 4.04. The molecule has 1 aromatic heterocycles. The molecule has 0 saturated carbocycles. The smallest absolute Gasteiger partial charge is 0.417 e. The van der Waals surface area contributed by atoms with Gasteiger partial charge >= 0.3 is 18.3 Å². The Morgan fingerprint density at radius 2 is 1.63 bits per heavy atom. The van der Waals surface area contributed by atoms with Gasteiger partial charge in [-0.1, -0.05) is 12.1 Å². The van der Waals surface area contributed by atoms with Crippen LogP contribution in [0.2, 0.25) is 0 Å². The van der Waals surface area contributed by atoms with Gasteiger partial charge in [-0.2, -0.15) is 26.3 Å². The number of anilines is 1. The van der Waals surface area contributed by atoms with E-state index in [9.17, 15) is 49.5 Å². The van der Waals surface area contributed by atoms with Crippen LogP contribution >= 0.6 is 0 Å². The molecule has 2 aromatic carbocycles. The molecular formula is C30H27F8N3O5. The lowest BCUT2D eigenvalue weighted by Crippen LogP contribution is -2.43. The second-order valence-electron chi connectivity index (χ2n) is 10.6. The molecule has 0 radical (unpaired) electrons. The molecule has 0 spiro atoms. The van der Waals surface area contributed by atoms with Gasteiger partial charge in [0.2, 0.25) is 0 Å². The van der Waals surface area contributed by atoms with E-state index in [2.05, 4.69) is 5.32 Å². The van der Waals surface area contributed by atoms with E-state index in [0.717, 1.165) is 24.7 Å². The Morgan fingerprint density at radius 1 is 1.02 bits per heavy atom. The average molecular weight is 662 g/mol. The van der Waals surface area contributed by atoms with Crippen molar-refractivity contribution in [1.82, 2.24) is 9.88 Å². The lowest BCUT2D eigenvalue weighted by Gasteiger charge is -2.21. The zero-order valence-electron chi connectivity index (χ0n) is 24.7. The van der Waals surface area contributed by atoms with Crippen molar-refractivity contribution in [2.24, 2.45) is 7.05 Å². The Hall–Kier alpha value is -4.47. The number of carbonyl (C=O) groups excluding carboxylic acids is 2. The number of halogens is 8. The predicted molar refractivity (Wildman–Crippen MR) is 148 cm³/mol. The van der Waals surface area contributed by atoms with Crippen LogP contribution in [0, 0.1) is 18.6 Å². The molecule has 16 heteroatoms. The highest BCUT2D eigenvalue weighted by Crippen LogP contribution is 2.40.